The van der Waals surface area contributed by atoms with Gasteiger partial charge in [-0.3, -0.25) is 10.5 Å². The maximum atomic E-state index is 12.3. The molecule has 148 valence electrons. The summed E-state index contributed by atoms with van der Waals surface area (Å²) in [6.45, 7) is 9.13. The number of nitrogens with zero attached hydrogens (tertiary/aromatic N) is 2. The van der Waals surface area contributed by atoms with E-state index in [4.69, 9.17) is 10.5 Å². The first-order valence-electron chi connectivity index (χ1n) is 9.98. The lowest BCUT2D eigenvalue weighted by atomic mass is 9.95. The summed E-state index contributed by atoms with van der Waals surface area (Å²) in [5.41, 5.74) is 9.86. The first kappa shape index (κ1) is 19.5. The van der Waals surface area contributed by atoms with Crippen molar-refractivity contribution >= 4 is 11.7 Å². The molecule has 3 rings (SSSR count). The highest BCUT2D eigenvalue weighted by Crippen LogP contribution is 2.31. The SMILES string of the molecule is CCOC(=O)C1CCCN(c2cc(C(C)C)ccc2CN2C=CNC2N)C1. The zero-order chi connectivity index (χ0) is 19.4. The standard InChI is InChI=1S/C21H32N4O2/c1-4-27-20(26)18-6-5-10-24(14-18)19-12-16(15(2)3)7-8-17(19)13-25-11-9-23-21(25)22/h7-9,11-12,15,18,21,23H,4-6,10,13-14,22H2,1-3H3. The summed E-state index contributed by atoms with van der Waals surface area (Å²) in [5.74, 6) is 0.335. The highest BCUT2D eigenvalue weighted by atomic mass is 16.5. The second kappa shape index (κ2) is 8.65. The fourth-order valence-electron chi connectivity index (χ4n) is 3.79. The number of hydrogen-bond donors (Lipinski definition) is 2. The predicted octanol–water partition coefficient (Wildman–Crippen LogP) is 2.71. The Hall–Kier alpha value is -2.21. The fraction of sp³-hybridized carbons (Fsp3) is 0.571. The van der Waals surface area contributed by atoms with Gasteiger partial charge >= 0.3 is 5.97 Å². The smallest absolute Gasteiger partial charge is 0.310 e. The van der Waals surface area contributed by atoms with Gasteiger partial charge in [-0.15, -0.1) is 0 Å². The molecule has 6 nitrogen and oxygen atoms in total. The minimum Gasteiger partial charge on any atom is -0.466 e. The van der Waals surface area contributed by atoms with Crippen LogP contribution in [-0.4, -0.2) is 36.9 Å². The molecule has 0 radical (unpaired) electrons. The summed E-state index contributed by atoms with van der Waals surface area (Å²) in [6, 6.07) is 6.69. The third kappa shape index (κ3) is 4.56. The van der Waals surface area contributed by atoms with Gasteiger partial charge in [-0.25, -0.2) is 0 Å². The Morgan fingerprint density at radius 2 is 2.22 bits per heavy atom. The topological polar surface area (TPSA) is 70.8 Å². The molecule has 2 aliphatic rings. The van der Waals surface area contributed by atoms with E-state index in [2.05, 4.69) is 47.2 Å². The van der Waals surface area contributed by atoms with Gasteiger partial charge in [-0.2, -0.15) is 0 Å². The summed E-state index contributed by atoms with van der Waals surface area (Å²) in [4.78, 5) is 16.7. The normalized spacial score (nSPS) is 22.3. The van der Waals surface area contributed by atoms with Crippen LogP contribution in [0.25, 0.3) is 0 Å². The molecular formula is C21H32N4O2. The van der Waals surface area contributed by atoms with E-state index in [-0.39, 0.29) is 18.2 Å². The summed E-state index contributed by atoms with van der Waals surface area (Å²) >= 11 is 0. The van der Waals surface area contributed by atoms with Gasteiger partial charge in [0.15, 0.2) is 6.29 Å². The van der Waals surface area contributed by atoms with E-state index in [1.807, 2.05) is 19.3 Å². The van der Waals surface area contributed by atoms with Crippen LogP contribution in [0.4, 0.5) is 5.69 Å². The molecule has 0 amide bonds. The average molecular weight is 373 g/mol. The number of nitrogens with one attached hydrogen (secondary N) is 1. The summed E-state index contributed by atoms with van der Waals surface area (Å²) in [5, 5.41) is 3.10. The molecule has 1 aromatic carbocycles. The van der Waals surface area contributed by atoms with Crippen molar-refractivity contribution < 1.29 is 9.53 Å². The Balaban J connectivity index is 1.85. The van der Waals surface area contributed by atoms with E-state index in [9.17, 15) is 4.79 Å². The van der Waals surface area contributed by atoms with E-state index >= 15 is 0 Å². The van der Waals surface area contributed by atoms with Crippen LogP contribution in [0.15, 0.2) is 30.6 Å². The van der Waals surface area contributed by atoms with Gasteiger partial charge in [0.25, 0.3) is 0 Å². The van der Waals surface area contributed by atoms with Gasteiger partial charge in [0.05, 0.1) is 12.5 Å². The highest BCUT2D eigenvalue weighted by molar-refractivity contribution is 5.74. The number of nitrogens with two attached hydrogens (primary N) is 1. The minimum atomic E-state index is -0.198. The lowest BCUT2D eigenvalue weighted by Crippen LogP contribution is -2.43. The average Bonchev–Trinajstić information content (AvgIpc) is 3.07. The molecule has 3 N–H and O–H groups in total. The molecule has 2 unspecified atom stereocenters. The number of hydrogen-bond acceptors (Lipinski definition) is 6. The second-order valence-electron chi connectivity index (χ2n) is 7.68. The van der Waals surface area contributed by atoms with Crippen molar-refractivity contribution in [3.05, 3.63) is 41.7 Å². The number of carbonyl (C=O) groups excluding carboxylic acids is 1. The van der Waals surface area contributed by atoms with Crippen LogP contribution in [0.3, 0.4) is 0 Å². The molecule has 1 aromatic rings. The lowest BCUT2D eigenvalue weighted by molar-refractivity contribution is -0.148. The van der Waals surface area contributed by atoms with Crippen LogP contribution < -0.4 is 16.0 Å². The Labute approximate surface area is 162 Å². The molecule has 1 saturated heterocycles. The summed E-state index contributed by atoms with van der Waals surface area (Å²) < 4.78 is 5.27. The van der Waals surface area contributed by atoms with Gasteiger partial charge in [-0.1, -0.05) is 26.0 Å². The van der Waals surface area contributed by atoms with Gasteiger partial charge < -0.3 is 19.9 Å². The van der Waals surface area contributed by atoms with Crippen LogP contribution in [-0.2, 0) is 16.1 Å². The molecule has 0 aromatic heterocycles. The summed E-state index contributed by atoms with van der Waals surface area (Å²) in [7, 11) is 0. The molecule has 0 spiro atoms. The molecular weight excluding hydrogens is 340 g/mol. The van der Waals surface area contributed by atoms with Crippen molar-refractivity contribution in [3.8, 4) is 0 Å². The molecule has 0 saturated carbocycles. The molecule has 2 aliphatic heterocycles. The lowest BCUT2D eigenvalue weighted by Gasteiger charge is -2.35. The Morgan fingerprint density at radius 3 is 2.89 bits per heavy atom. The van der Waals surface area contributed by atoms with Crippen molar-refractivity contribution in [2.75, 3.05) is 24.6 Å². The van der Waals surface area contributed by atoms with Crippen molar-refractivity contribution in [3.63, 3.8) is 0 Å². The molecule has 6 heteroatoms. The second-order valence-corrected chi connectivity index (χ2v) is 7.68. The number of anilines is 1. The minimum absolute atomic E-state index is 0.0511. The number of piperidine rings is 1. The van der Waals surface area contributed by atoms with Crippen molar-refractivity contribution in [2.45, 2.75) is 52.4 Å². The molecule has 0 aliphatic carbocycles. The van der Waals surface area contributed by atoms with E-state index in [0.717, 1.165) is 25.9 Å². The maximum Gasteiger partial charge on any atom is 0.310 e. The molecule has 27 heavy (non-hydrogen) atoms. The Bertz CT molecular complexity index is 689. The Kier molecular flexibility index (Phi) is 6.26. The van der Waals surface area contributed by atoms with Crippen LogP contribution in [0, 0.1) is 5.92 Å². The van der Waals surface area contributed by atoms with Crippen molar-refractivity contribution in [1.82, 2.24) is 10.2 Å². The number of rotatable bonds is 6. The zero-order valence-corrected chi connectivity index (χ0v) is 16.6. The van der Waals surface area contributed by atoms with Gasteiger partial charge in [0.1, 0.15) is 0 Å². The van der Waals surface area contributed by atoms with Crippen LogP contribution in [0.2, 0.25) is 0 Å². The zero-order valence-electron chi connectivity index (χ0n) is 16.6. The maximum absolute atomic E-state index is 12.3. The number of ether oxygens (including phenoxy) is 1. The number of esters is 1. The first-order chi connectivity index (χ1) is 13.0. The molecule has 2 heterocycles. The highest BCUT2D eigenvalue weighted by Gasteiger charge is 2.28. The largest absolute Gasteiger partial charge is 0.466 e. The van der Waals surface area contributed by atoms with Crippen molar-refractivity contribution in [1.29, 1.82) is 0 Å². The first-order valence-corrected chi connectivity index (χ1v) is 9.98. The monoisotopic (exact) mass is 372 g/mol. The van der Waals surface area contributed by atoms with E-state index in [1.165, 1.54) is 16.8 Å². The fourth-order valence-corrected chi connectivity index (χ4v) is 3.79. The predicted molar refractivity (Wildman–Crippen MR) is 108 cm³/mol. The van der Waals surface area contributed by atoms with Gasteiger partial charge in [-0.05, 0) is 42.9 Å². The van der Waals surface area contributed by atoms with Crippen molar-refractivity contribution in [2.24, 2.45) is 11.7 Å². The van der Waals surface area contributed by atoms with Crippen LogP contribution in [0.5, 0.6) is 0 Å². The van der Waals surface area contributed by atoms with Gasteiger partial charge in [0.2, 0.25) is 0 Å². The summed E-state index contributed by atoms with van der Waals surface area (Å²) in [6.07, 6.45) is 5.57. The molecule has 0 bridgehead atoms. The van der Waals surface area contributed by atoms with Gasteiger partial charge in [0, 0.05) is 37.7 Å². The molecule has 2 atom stereocenters. The molecule has 1 fully saturated rings. The van der Waals surface area contributed by atoms with E-state index < -0.39 is 0 Å². The van der Waals surface area contributed by atoms with E-state index in [1.54, 1.807) is 0 Å². The third-order valence-corrected chi connectivity index (χ3v) is 5.40. The Morgan fingerprint density at radius 1 is 1.41 bits per heavy atom. The van der Waals surface area contributed by atoms with E-state index in [0.29, 0.717) is 19.1 Å². The number of benzene rings is 1. The van der Waals surface area contributed by atoms with Crippen LogP contribution in [0.1, 0.15) is 50.7 Å². The number of carbonyl (C=O) groups is 1. The third-order valence-electron chi connectivity index (χ3n) is 5.40. The van der Waals surface area contributed by atoms with Crippen LogP contribution >= 0.6 is 0 Å². The quantitative estimate of drug-likeness (QED) is 0.748.